The van der Waals surface area contributed by atoms with Gasteiger partial charge in [-0.25, -0.2) is 4.99 Å². The van der Waals surface area contributed by atoms with Crippen molar-refractivity contribution in [2.45, 2.75) is 45.8 Å². The molecule has 0 amide bonds. The molecule has 1 atom stereocenters. The summed E-state index contributed by atoms with van der Waals surface area (Å²) in [6, 6.07) is 8.01. The first kappa shape index (κ1) is 19.2. The van der Waals surface area contributed by atoms with Crippen molar-refractivity contribution >= 4 is 5.96 Å². The van der Waals surface area contributed by atoms with E-state index in [1.807, 2.05) is 18.2 Å². The van der Waals surface area contributed by atoms with E-state index in [0.29, 0.717) is 6.54 Å². The minimum absolute atomic E-state index is 0.0733. The van der Waals surface area contributed by atoms with Crippen molar-refractivity contribution in [3.63, 3.8) is 0 Å². The number of nitrogens with zero attached hydrogens (tertiary/aromatic N) is 3. The van der Waals surface area contributed by atoms with Gasteiger partial charge in [-0.2, -0.15) is 0 Å². The van der Waals surface area contributed by atoms with E-state index in [1.165, 1.54) is 45.3 Å². The average Bonchev–Trinajstić information content (AvgIpc) is 3.14. The number of hydrogen-bond donors (Lipinski definition) is 2. The molecule has 1 aromatic carbocycles. The Morgan fingerprint density at radius 1 is 1.15 bits per heavy atom. The van der Waals surface area contributed by atoms with Gasteiger partial charge in [0.2, 0.25) is 0 Å². The molecule has 0 aromatic heterocycles. The van der Waals surface area contributed by atoms with Crippen LogP contribution in [0.5, 0.6) is 0 Å². The van der Waals surface area contributed by atoms with E-state index in [0.717, 1.165) is 42.6 Å². The average molecular weight is 359 g/mol. The second kappa shape index (κ2) is 9.93. The van der Waals surface area contributed by atoms with Gasteiger partial charge >= 0.3 is 0 Å². The van der Waals surface area contributed by atoms with Gasteiger partial charge in [-0.3, -0.25) is 0 Å². The molecule has 2 saturated heterocycles. The van der Waals surface area contributed by atoms with E-state index in [-0.39, 0.29) is 6.61 Å². The van der Waals surface area contributed by atoms with Gasteiger partial charge in [0.25, 0.3) is 0 Å². The Bertz CT molecular complexity index is 583. The van der Waals surface area contributed by atoms with Gasteiger partial charge in [0.05, 0.1) is 13.2 Å². The summed E-state index contributed by atoms with van der Waals surface area (Å²) in [6.45, 7) is 9.69. The smallest absolute Gasteiger partial charge is 0.194 e. The highest BCUT2D eigenvalue weighted by Crippen LogP contribution is 2.20. The third kappa shape index (κ3) is 5.21. The molecule has 5 heteroatoms. The number of guanidine groups is 1. The maximum atomic E-state index is 9.51. The van der Waals surface area contributed by atoms with Crippen LogP contribution >= 0.6 is 0 Å². The Labute approximate surface area is 158 Å². The molecule has 0 spiro atoms. The first-order valence-corrected chi connectivity index (χ1v) is 10.2. The number of benzene rings is 1. The van der Waals surface area contributed by atoms with Gasteiger partial charge in [0.15, 0.2) is 5.96 Å². The Morgan fingerprint density at radius 3 is 2.65 bits per heavy atom. The zero-order valence-electron chi connectivity index (χ0n) is 16.2. The van der Waals surface area contributed by atoms with Gasteiger partial charge in [0.1, 0.15) is 0 Å². The molecule has 0 radical (unpaired) electrons. The largest absolute Gasteiger partial charge is 0.392 e. The summed E-state index contributed by atoms with van der Waals surface area (Å²) in [5.74, 6) is 1.77. The summed E-state index contributed by atoms with van der Waals surface area (Å²) in [5, 5.41) is 13.0. The third-order valence-electron chi connectivity index (χ3n) is 5.57. The van der Waals surface area contributed by atoms with Crippen LogP contribution in [0.1, 0.15) is 43.7 Å². The summed E-state index contributed by atoms with van der Waals surface area (Å²) in [4.78, 5) is 9.93. The second-order valence-corrected chi connectivity index (χ2v) is 7.56. The molecule has 2 heterocycles. The standard InChI is InChI=1S/C21H34N4O/c1-2-22-21(23-14-19-8-4-5-9-20(19)17-26)25-13-10-18(16-25)15-24-11-6-3-7-12-24/h4-5,8-9,18,26H,2-3,6-7,10-17H2,1H3,(H,22,23). The fourth-order valence-corrected chi connectivity index (χ4v) is 4.13. The lowest BCUT2D eigenvalue weighted by Crippen LogP contribution is -2.41. The van der Waals surface area contributed by atoms with Crippen molar-refractivity contribution in [3.8, 4) is 0 Å². The summed E-state index contributed by atoms with van der Waals surface area (Å²) in [6.07, 6.45) is 5.39. The fourth-order valence-electron chi connectivity index (χ4n) is 4.13. The Hall–Kier alpha value is -1.59. The van der Waals surface area contributed by atoms with Crippen LogP contribution in [0.3, 0.4) is 0 Å². The number of hydrogen-bond acceptors (Lipinski definition) is 3. The normalized spacial score (nSPS) is 22.0. The number of likely N-dealkylation sites (tertiary alicyclic amines) is 2. The first-order chi connectivity index (χ1) is 12.8. The molecule has 0 bridgehead atoms. The van der Waals surface area contributed by atoms with Crippen LogP contribution in [0, 0.1) is 5.92 Å². The molecule has 2 fully saturated rings. The van der Waals surface area contributed by atoms with Crippen molar-refractivity contribution in [1.29, 1.82) is 0 Å². The molecule has 0 saturated carbocycles. The van der Waals surface area contributed by atoms with Crippen molar-refractivity contribution in [1.82, 2.24) is 15.1 Å². The summed E-state index contributed by atoms with van der Waals surface area (Å²) >= 11 is 0. The predicted molar refractivity (Wildman–Crippen MR) is 107 cm³/mol. The Kier molecular flexibility index (Phi) is 7.32. The lowest BCUT2D eigenvalue weighted by atomic mass is 10.1. The van der Waals surface area contributed by atoms with E-state index in [1.54, 1.807) is 0 Å². The molecular weight excluding hydrogens is 324 g/mol. The van der Waals surface area contributed by atoms with E-state index in [9.17, 15) is 5.11 Å². The molecule has 3 rings (SSSR count). The summed E-state index contributed by atoms with van der Waals surface area (Å²) < 4.78 is 0. The molecule has 1 unspecified atom stereocenters. The zero-order valence-corrected chi connectivity index (χ0v) is 16.2. The lowest BCUT2D eigenvalue weighted by Gasteiger charge is -2.29. The van der Waals surface area contributed by atoms with Gasteiger partial charge in [-0.1, -0.05) is 30.7 Å². The molecule has 2 N–H and O–H groups in total. The van der Waals surface area contributed by atoms with Gasteiger partial charge in [0, 0.05) is 26.2 Å². The SMILES string of the molecule is CCNC(=NCc1ccccc1CO)N1CCC(CN2CCCCC2)C1. The van der Waals surface area contributed by atoms with Gasteiger partial charge < -0.3 is 20.2 Å². The minimum Gasteiger partial charge on any atom is -0.392 e. The maximum absolute atomic E-state index is 9.51. The zero-order chi connectivity index (χ0) is 18.2. The van der Waals surface area contributed by atoms with E-state index >= 15 is 0 Å². The van der Waals surface area contributed by atoms with E-state index in [2.05, 4.69) is 28.1 Å². The van der Waals surface area contributed by atoms with Crippen LogP contribution in [0.25, 0.3) is 0 Å². The van der Waals surface area contributed by atoms with E-state index in [4.69, 9.17) is 4.99 Å². The van der Waals surface area contributed by atoms with Crippen LogP contribution in [-0.2, 0) is 13.2 Å². The third-order valence-corrected chi connectivity index (χ3v) is 5.57. The number of rotatable bonds is 6. The van der Waals surface area contributed by atoms with Crippen LogP contribution in [0.2, 0.25) is 0 Å². The van der Waals surface area contributed by atoms with Crippen molar-refractivity contribution < 1.29 is 5.11 Å². The van der Waals surface area contributed by atoms with Crippen LogP contribution in [0.4, 0.5) is 0 Å². The Morgan fingerprint density at radius 2 is 1.92 bits per heavy atom. The molecule has 1 aromatic rings. The Balaban J connectivity index is 1.58. The molecule has 26 heavy (non-hydrogen) atoms. The highest BCUT2D eigenvalue weighted by Gasteiger charge is 2.26. The summed E-state index contributed by atoms with van der Waals surface area (Å²) in [7, 11) is 0. The molecule has 2 aliphatic heterocycles. The lowest BCUT2D eigenvalue weighted by molar-refractivity contribution is 0.198. The van der Waals surface area contributed by atoms with Gasteiger partial charge in [-0.05, 0) is 56.3 Å². The number of aliphatic hydroxyl groups excluding tert-OH is 1. The van der Waals surface area contributed by atoms with Crippen LogP contribution in [-0.4, -0.2) is 60.1 Å². The van der Waals surface area contributed by atoms with Crippen LogP contribution < -0.4 is 5.32 Å². The van der Waals surface area contributed by atoms with Crippen molar-refractivity contribution in [2.75, 3.05) is 39.3 Å². The second-order valence-electron chi connectivity index (χ2n) is 7.56. The van der Waals surface area contributed by atoms with E-state index < -0.39 is 0 Å². The van der Waals surface area contributed by atoms with Crippen molar-refractivity contribution in [3.05, 3.63) is 35.4 Å². The number of nitrogens with one attached hydrogen (secondary N) is 1. The monoisotopic (exact) mass is 358 g/mol. The quantitative estimate of drug-likeness (QED) is 0.606. The minimum atomic E-state index is 0.0733. The molecule has 0 aliphatic carbocycles. The molecule has 5 nitrogen and oxygen atoms in total. The number of aliphatic hydroxyl groups is 1. The number of piperidine rings is 1. The van der Waals surface area contributed by atoms with Crippen LogP contribution in [0.15, 0.2) is 29.3 Å². The predicted octanol–water partition coefficient (Wildman–Crippen LogP) is 2.45. The topological polar surface area (TPSA) is 51.1 Å². The van der Waals surface area contributed by atoms with Gasteiger partial charge in [-0.15, -0.1) is 0 Å². The fraction of sp³-hybridized carbons (Fsp3) is 0.667. The maximum Gasteiger partial charge on any atom is 0.194 e. The number of aliphatic imine (C=N–C) groups is 1. The first-order valence-electron chi connectivity index (χ1n) is 10.2. The molecular formula is C21H34N4O. The highest BCUT2D eigenvalue weighted by atomic mass is 16.3. The molecule has 144 valence electrons. The summed E-state index contributed by atoms with van der Waals surface area (Å²) in [5.41, 5.74) is 2.07. The van der Waals surface area contributed by atoms with Crippen molar-refractivity contribution in [2.24, 2.45) is 10.9 Å². The molecule has 2 aliphatic rings. The highest BCUT2D eigenvalue weighted by molar-refractivity contribution is 5.80.